The number of likely N-dealkylation sites (tertiary alicyclic amines) is 1. The zero-order valence-corrected chi connectivity index (χ0v) is 47.2. The van der Waals surface area contributed by atoms with Crippen molar-refractivity contribution < 1.29 is 34.0 Å². The van der Waals surface area contributed by atoms with Gasteiger partial charge in [0.1, 0.15) is 42.3 Å². The minimum Gasteiger partial charge on any atom is -0.486 e. The number of hydrogen-bond donors (Lipinski definition) is 5. The van der Waals surface area contributed by atoms with Crippen LogP contribution >= 0.6 is 23.2 Å². The monoisotopic (exact) mass is 1130 g/mol. The minimum absolute atomic E-state index is 0.0378. The molecule has 4 aromatic heterocycles. The number of carbonyl (C=O) groups is 2. The molecule has 4 fully saturated rings. The number of rotatable bonds is 19. The molecule has 21 heteroatoms. The standard InChI is InChI=1S/C60H64Cl2N12O7/c1-31(2)55(59(78)73-26-41(76)20-50(73)58(77)66-49(28-75)38-16-14-35(15-17-38)42-7-6-18-63-33(42)4)74-27-48(70-71-74)37-10-8-34(9-11-37)30-80-56-52(51-45-24-65-69-47(45)22-46(61)53(51)62)43(36-12-13-36)21-44-54(56)67-60(81-29-32(3)79-5)68-57(44)72-25-39-19-40(72)23-64-39/h6-11,14-18,21-22,24,27,31-32,36,39-41,49-50,55,64,75-76H,12-13,19-20,23,25-26,28-30H2,1-5H3,(H,65,69)(H,66,77)/t32-,39-,40-,41+,49-,50-,55-/m0/s1. The number of methoxy groups -OCH3 is 1. The van der Waals surface area contributed by atoms with Gasteiger partial charge in [0.15, 0.2) is 5.75 Å². The quantitative estimate of drug-likeness (QED) is 0.0511. The van der Waals surface area contributed by atoms with E-state index in [0.29, 0.717) is 44.2 Å². The lowest BCUT2D eigenvalue weighted by Crippen LogP contribution is -2.50. The van der Waals surface area contributed by atoms with Gasteiger partial charge in [0, 0.05) is 90.2 Å². The SMILES string of the molecule is CO[C@@H](C)COc1nc(N2C[C@@H]3C[C@H]2CN3)c2cc(C3CC3)c(-c3c(Cl)c(Cl)cc4[nH]ncc34)c(OCc3ccc(-c4cn([C@H](C(=O)N5C[C@H](O)C[C@H]5C(=O)N[C@@H](CO)c5ccc(-c6cccnc6C)cc5)C(C)C)nn4)cc3)c2n1. The van der Waals surface area contributed by atoms with Crippen molar-refractivity contribution in [1.82, 2.24) is 55.7 Å². The van der Waals surface area contributed by atoms with E-state index < -0.39 is 30.1 Å². The number of aliphatic hydroxyl groups is 2. The molecule has 7 heterocycles. The minimum atomic E-state index is -0.982. The summed E-state index contributed by atoms with van der Waals surface area (Å²) >= 11 is 14.2. The van der Waals surface area contributed by atoms with Crippen molar-refractivity contribution in [1.29, 1.82) is 0 Å². The van der Waals surface area contributed by atoms with Crippen molar-refractivity contribution in [3.63, 3.8) is 0 Å². The van der Waals surface area contributed by atoms with Gasteiger partial charge >= 0.3 is 6.01 Å². The van der Waals surface area contributed by atoms with Crippen LogP contribution in [-0.2, 0) is 20.9 Å². The Hall–Kier alpha value is -7.26. The summed E-state index contributed by atoms with van der Waals surface area (Å²) in [5, 5.41) is 46.9. The molecule has 2 amide bonds. The number of nitrogens with one attached hydrogen (secondary N) is 3. The van der Waals surface area contributed by atoms with Gasteiger partial charge in [-0.1, -0.05) is 96.9 Å². The highest BCUT2D eigenvalue weighted by Gasteiger charge is 2.44. The van der Waals surface area contributed by atoms with E-state index in [0.717, 1.165) is 93.5 Å². The third-order valence-electron chi connectivity index (χ3n) is 16.3. The van der Waals surface area contributed by atoms with Gasteiger partial charge in [-0.25, -0.2) is 4.68 Å². The summed E-state index contributed by atoms with van der Waals surface area (Å²) in [7, 11) is 1.64. The summed E-state index contributed by atoms with van der Waals surface area (Å²) in [4.78, 5) is 47.1. The first-order valence-electron chi connectivity index (χ1n) is 27.7. The molecule has 8 aromatic rings. The van der Waals surface area contributed by atoms with E-state index in [9.17, 15) is 19.8 Å². The summed E-state index contributed by atoms with van der Waals surface area (Å²) in [6, 6.07) is 21.5. The van der Waals surface area contributed by atoms with E-state index in [-0.39, 0.29) is 68.7 Å². The number of fused-ring (bicyclic) bond motifs is 4. The first kappa shape index (κ1) is 54.3. The Labute approximate surface area is 478 Å². The zero-order valence-electron chi connectivity index (χ0n) is 45.6. The summed E-state index contributed by atoms with van der Waals surface area (Å²) in [5.41, 5.74) is 9.52. The largest absolute Gasteiger partial charge is 0.486 e. The number of halogens is 2. The molecular formula is C60H64Cl2N12O7. The molecule has 0 spiro atoms. The van der Waals surface area contributed by atoms with Crippen molar-refractivity contribution >= 4 is 62.6 Å². The smallest absolute Gasteiger partial charge is 0.319 e. The summed E-state index contributed by atoms with van der Waals surface area (Å²) in [5.74, 6) is 0.423. The highest BCUT2D eigenvalue weighted by molar-refractivity contribution is 6.45. The second kappa shape index (κ2) is 22.6. The van der Waals surface area contributed by atoms with Crippen LogP contribution in [0.3, 0.4) is 0 Å². The molecule has 4 aliphatic rings. The molecule has 420 valence electrons. The number of carbonyl (C=O) groups excluding carboxylic acids is 2. The molecule has 4 aromatic carbocycles. The van der Waals surface area contributed by atoms with Gasteiger partial charge in [-0.3, -0.25) is 19.7 Å². The van der Waals surface area contributed by atoms with Crippen molar-refractivity contribution in [2.24, 2.45) is 5.92 Å². The van der Waals surface area contributed by atoms with E-state index in [1.807, 2.05) is 88.4 Å². The third kappa shape index (κ3) is 10.7. The number of anilines is 1. The number of β-amino-alcohol motifs (C(OH)–C–C–N with tert-alkyl or cyclic N) is 1. The maximum atomic E-state index is 14.6. The molecule has 7 atom stereocenters. The van der Waals surface area contributed by atoms with E-state index in [4.69, 9.17) is 47.4 Å². The first-order chi connectivity index (χ1) is 39.2. The van der Waals surface area contributed by atoms with Crippen LogP contribution in [0.4, 0.5) is 5.82 Å². The number of aromatic nitrogens is 8. The van der Waals surface area contributed by atoms with E-state index >= 15 is 0 Å². The molecule has 19 nitrogen and oxygen atoms in total. The van der Waals surface area contributed by atoms with Gasteiger partial charge in [0.05, 0.1) is 52.8 Å². The fourth-order valence-corrected chi connectivity index (χ4v) is 12.3. The molecule has 2 bridgehead atoms. The van der Waals surface area contributed by atoms with Crippen LogP contribution in [0, 0.1) is 12.8 Å². The van der Waals surface area contributed by atoms with E-state index in [2.05, 4.69) is 47.1 Å². The molecule has 0 radical (unpaired) electrons. The van der Waals surface area contributed by atoms with Crippen LogP contribution in [0.1, 0.15) is 86.8 Å². The second-order valence-corrected chi connectivity index (χ2v) is 23.0. The number of hydrogen-bond acceptors (Lipinski definition) is 15. The molecule has 81 heavy (non-hydrogen) atoms. The number of aliphatic hydroxyl groups excluding tert-OH is 2. The van der Waals surface area contributed by atoms with Gasteiger partial charge in [-0.05, 0) is 85.4 Å². The number of piperazine rings is 1. The lowest BCUT2D eigenvalue weighted by molar-refractivity contribution is -0.142. The highest BCUT2D eigenvalue weighted by atomic mass is 35.5. The topological polar surface area (TPSA) is 231 Å². The molecule has 3 aliphatic heterocycles. The molecule has 1 saturated carbocycles. The zero-order chi connectivity index (χ0) is 56.2. The maximum absolute atomic E-state index is 14.6. The molecular weight excluding hydrogens is 1070 g/mol. The van der Waals surface area contributed by atoms with Crippen LogP contribution in [0.5, 0.6) is 11.8 Å². The molecule has 0 unspecified atom stereocenters. The number of aryl methyl sites for hydroxylation is 1. The molecule has 1 aliphatic carbocycles. The number of aromatic amines is 1. The average Bonchev–Trinajstić information content (AvgIpc) is 4.07. The van der Waals surface area contributed by atoms with Crippen molar-refractivity contribution in [2.75, 3.05) is 44.9 Å². The van der Waals surface area contributed by atoms with E-state index in [1.165, 1.54) is 9.58 Å². The predicted molar refractivity (Wildman–Crippen MR) is 308 cm³/mol. The van der Waals surface area contributed by atoms with Gasteiger partial charge in [0.2, 0.25) is 11.8 Å². The Kier molecular flexibility index (Phi) is 15.2. The lowest BCUT2D eigenvalue weighted by Gasteiger charge is -2.30. The van der Waals surface area contributed by atoms with Crippen molar-refractivity contribution in [3.8, 4) is 45.3 Å². The summed E-state index contributed by atoms with van der Waals surface area (Å²) in [6.07, 6.45) is 7.14. The Morgan fingerprint density at radius 2 is 1.73 bits per heavy atom. The highest BCUT2D eigenvalue weighted by Crippen LogP contribution is 2.55. The van der Waals surface area contributed by atoms with Gasteiger partial charge < -0.3 is 44.9 Å². The third-order valence-corrected chi connectivity index (χ3v) is 17.1. The van der Waals surface area contributed by atoms with Gasteiger partial charge in [0.25, 0.3) is 0 Å². The second-order valence-electron chi connectivity index (χ2n) is 22.2. The van der Waals surface area contributed by atoms with Crippen LogP contribution in [0.2, 0.25) is 10.0 Å². The van der Waals surface area contributed by atoms with E-state index in [1.54, 1.807) is 31.8 Å². The van der Waals surface area contributed by atoms with Crippen LogP contribution in [0.15, 0.2) is 91.4 Å². The Bertz CT molecular complexity index is 3650. The summed E-state index contributed by atoms with van der Waals surface area (Å²) < 4.78 is 20.5. The van der Waals surface area contributed by atoms with Crippen LogP contribution in [-0.4, -0.2) is 137 Å². The number of H-pyrrole nitrogens is 1. The normalized spacial score (nSPS) is 19.9. The number of ether oxygens (including phenoxy) is 3. The molecule has 12 rings (SSSR count). The number of amides is 2. The Morgan fingerprint density at radius 1 is 0.938 bits per heavy atom. The predicted octanol–water partition coefficient (Wildman–Crippen LogP) is 8.54. The van der Waals surface area contributed by atoms with Gasteiger partial charge in [-0.2, -0.15) is 15.1 Å². The molecule has 5 N–H and O–H groups in total. The fourth-order valence-electron chi connectivity index (χ4n) is 11.8. The molecule has 3 saturated heterocycles. The number of benzene rings is 4. The van der Waals surface area contributed by atoms with Gasteiger partial charge in [-0.15, -0.1) is 5.10 Å². The number of nitrogens with zero attached hydrogens (tertiary/aromatic N) is 9. The summed E-state index contributed by atoms with van der Waals surface area (Å²) in [6.45, 7) is 9.30. The Morgan fingerprint density at radius 3 is 2.43 bits per heavy atom. The Balaban J connectivity index is 0.820. The van der Waals surface area contributed by atoms with Crippen LogP contribution in [0.25, 0.3) is 55.3 Å². The van der Waals surface area contributed by atoms with Crippen molar-refractivity contribution in [2.45, 2.75) is 108 Å². The number of pyridine rings is 1. The van der Waals surface area contributed by atoms with Crippen molar-refractivity contribution in [3.05, 3.63) is 124 Å². The fraction of sp³-hybridized carbons (Fsp3) is 0.400. The van der Waals surface area contributed by atoms with Crippen LogP contribution < -0.4 is 25.0 Å². The first-order valence-corrected chi connectivity index (χ1v) is 28.4. The lowest BCUT2D eigenvalue weighted by atomic mass is 9.91. The average molecular weight is 1140 g/mol. The maximum Gasteiger partial charge on any atom is 0.319 e.